The third-order valence-corrected chi connectivity index (χ3v) is 6.26. The zero-order valence-corrected chi connectivity index (χ0v) is 17.1. The minimum atomic E-state index is -1.17. The van der Waals surface area contributed by atoms with E-state index in [1.165, 1.54) is 12.5 Å². The molecule has 1 N–H and O–H groups in total. The van der Waals surface area contributed by atoms with Crippen molar-refractivity contribution in [2.75, 3.05) is 0 Å². The quantitative estimate of drug-likeness (QED) is 0.578. The summed E-state index contributed by atoms with van der Waals surface area (Å²) in [6.07, 6.45) is 7.41. The highest BCUT2D eigenvalue weighted by molar-refractivity contribution is 7.84. The maximum absolute atomic E-state index is 12.7. The van der Waals surface area contributed by atoms with Gasteiger partial charge in [-0.25, -0.2) is 8.93 Å². The van der Waals surface area contributed by atoms with Crippen molar-refractivity contribution in [3.05, 3.63) is 48.0 Å². The van der Waals surface area contributed by atoms with Crippen molar-refractivity contribution >= 4 is 17.0 Å². The van der Waals surface area contributed by atoms with E-state index in [1.54, 1.807) is 0 Å². The van der Waals surface area contributed by atoms with Gasteiger partial charge in [0.25, 0.3) is 0 Å². The van der Waals surface area contributed by atoms with Crippen molar-refractivity contribution in [1.29, 1.82) is 0 Å². The van der Waals surface area contributed by atoms with Crippen LogP contribution >= 0.6 is 0 Å². The Kier molecular flexibility index (Phi) is 7.59. The summed E-state index contributed by atoms with van der Waals surface area (Å²) in [6, 6.07) is 10.3. The molecule has 0 fully saturated rings. The molecule has 1 aliphatic carbocycles. The number of hydrogen-bond acceptors (Lipinski definition) is 3. The van der Waals surface area contributed by atoms with Crippen LogP contribution in [0.4, 0.5) is 0 Å². The average molecular weight is 378 g/mol. The fraction of sp³-hybridized carbons (Fsp3) is 0.571. The van der Waals surface area contributed by atoms with Gasteiger partial charge >= 0.3 is 5.97 Å². The molecule has 4 nitrogen and oxygen atoms in total. The molecule has 0 saturated carbocycles. The van der Waals surface area contributed by atoms with Crippen LogP contribution in [0.3, 0.4) is 0 Å². The van der Waals surface area contributed by atoms with Crippen molar-refractivity contribution in [3.8, 4) is 0 Å². The molecule has 2 rings (SSSR count). The van der Waals surface area contributed by atoms with E-state index < -0.39 is 11.0 Å². The number of aryl methyl sites for hydroxylation is 1. The topological polar surface area (TPSA) is 55.4 Å². The predicted octanol–water partition coefficient (Wildman–Crippen LogP) is 3.94. The lowest BCUT2D eigenvalue weighted by atomic mass is 9.83. The van der Waals surface area contributed by atoms with Gasteiger partial charge in [0, 0.05) is 18.9 Å². The number of nitrogens with one attached hydrogen (secondary N) is 1. The summed E-state index contributed by atoms with van der Waals surface area (Å²) >= 11 is 0. The lowest BCUT2D eigenvalue weighted by Crippen LogP contribution is -2.48. The van der Waals surface area contributed by atoms with Crippen molar-refractivity contribution in [1.82, 2.24) is 4.72 Å². The van der Waals surface area contributed by atoms with Crippen LogP contribution in [-0.2, 0) is 26.9 Å². The number of benzene rings is 1. The van der Waals surface area contributed by atoms with E-state index in [4.69, 9.17) is 4.74 Å². The molecule has 1 aromatic rings. The zero-order chi connectivity index (χ0) is 19.2. The second-order valence-corrected chi connectivity index (χ2v) is 9.87. The monoisotopic (exact) mass is 377 g/mol. The third kappa shape index (κ3) is 6.36. The number of hydrogen-bond donors (Lipinski definition) is 1. The molecule has 5 heteroatoms. The Labute approximate surface area is 160 Å². The summed E-state index contributed by atoms with van der Waals surface area (Å²) in [7, 11) is -1.17. The Balaban J connectivity index is 2.16. The summed E-state index contributed by atoms with van der Waals surface area (Å²) in [5.74, 6) is -0.149. The molecule has 144 valence electrons. The molecule has 4 atom stereocenters. The van der Waals surface area contributed by atoms with Gasteiger partial charge in [0.2, 0.25) is 0 Å². The fourth-order valence-electron chi connectivity index (χ4n) is 3.22. The van der Waals surface area contributed by atoms with Crippen LogP contribution in [0, 0.1) is 5.92 Å². The minimum Gasteiger partial charge on any atom is -0.458 e. The first-order chi connectivity index (χ1) is 12.3. The van der Waals surface area contributed by atoms with E-state index in [0.717, 1.165) is 25.7 Å². The number of allylic oxidation sites excluding steroid dienone is 1. The standard InChI is InChI=1S/C21H31NO3S/c1-16(23)25-20-13-9-8-12-18(20)19(22-26(24)21(2,3)4)15-14-17-10-6-5-7-11-17/h5-7,9-11,13,18-20,22H,8,12,14-15H2,1-4H3/t18-,19-,20-,26?/m1/s1. The van der Waals surface area contributed by atoms with Gasteiger partial charge in [-0.2, -0.15) is 0 Å². The molecule has 1 unspecified atom stereocenters. The van der Waals surface area contributed by atoms with Crippen LogP contribution in [0.5, 0.6) is 0 Å². The number of carbonyl (C=O) groups excluding carboxylic acids is 1. The lowest BCUT2D eigenvalue weighted by molar-refractivity contribution is -0.147. The van der Waals surface area contributed by atoms with Crippen molar-refractivity contribution in [2.45, 2.75) is 70.3 Å². The minimum absolute atomic E-state index is 0.0181. The molecule has 0 aromatic heterocycles. The van der Waals surface area contributed by atoms with Crippen molar-refractivity contribution in [2.24, 2.45) is 5.92 Å². The number of carbonyl (C=O) groups is 1. The van der Waals surface area contributed by atoms with Gasteiger partial charge in [0.1, 0.15) is 6.10 Å². The molecular formula is C21H31NO3S. The molecule has 0 heterocycles. The van der Waals surface area contributed by atoms with Gasteiger partial charge in [-0.1, -0.05) is 36.4 Å². The molecule has 0 spiro atoms. The molecule has 0 saturated heterocycles. The van der Waals surface area contributed by atoms with Crippen LogP contribution in [-0.4, -0.2) is 27.1 Å². The van der Waals surface area contributed by atoms with Gasteiger partial charge in [-0.15, -0.1) is 0 Å². The molecule has 0 bridgehead atoms. The average Bonchev–Trinajstić information content (AvgIpc) is 2.58. The molecule has 0 aliphatic heterocycles. The van der Waals surface area contributed by atoms with Gasteiger partial charge in [0.05, 0.1) is 15.7 Å². The highest BCUT2D eigenvalue weighted by Gasteiger charge is 2.34. The Morgan fingerprint density at radius 3 is 2.62 bits per heavy atom. The van der Waals surface area contributed by atoms with E-state index >= 15 is 0 Å². The van der Waals surface area contributed by atoms with E-state index in [9.17, 15) is 9.00 Å². The summed E-state index contributed by atoms with van der Waals surface area (Å²) in [5, 5.41) is 0. The van der Waals surface area contributed by atoms with E-state index in [1.807, 2.05) is 45.0 Å². The summed E-state index contributed by atoms with van der Waals surface area (Å²) in [6.45, 7) is 7.34. The molecule has 1 aromatic carbocycles. The van der Waals surface area contributed by atoms with Crippen LogP contribution in [0.1, 0.15) is 52.5 Å². The smallest absolute Gasteiger partial charge is 0.303 e. The summed E-state index contributed by atoms with van der Waals surface area (Å²) < 4.78 is 21.3. The zero-order valence-electron chi connectivity index (χ0n) is 16.2. The Morgan fingerprint density at radius 1 is 1.31 bits per heavy atom. The Morgan fingerprint density at radius 2 is 2.00 bits per heavy atom. The molecule has 1 aliphatic rings. The van der Waals surface area contributed by atoms with Crippen LogP contribution in [0.15, 0.2) is 42.5 Å². The predicted molar refractivity (Wildman–Crippen MR) is 107 cm³/mol. The number of esters is 1. The second-order valence-electron chi connectivity index (χ2n) is 7.87. The Bertz CT molecular complexity index is 636. The largest absolute Gasteiger partial charge is 0.458 e. The van der Waals surface area contributed by atoms with E-state index in [0.29, 0.717) is 0 Å². The fourth-order valence-corrected chi connectivity index (χ4v) is 4.14. The van der Waals surface area contributed by atoms with E-state index in [-0.39, 0.29) is 28.8 Å². The van der Waals surface area contributed by atoms with E-state index in [2.05, 4.69) is 22.9 Å². The number of ether oxygens (including phenoxy) is 1. The van der Waals surface area contributed by atoms with Crippen LogP contribution in [0.2, 0.25) is 0 Å². The van der Waals surface area contributed by atoms with Gasteiger partial charge < -0.3 is 4.74 Å². The highest BCUT2D eigenvalue weighted by atomic mass is 32.2. The Hall–Kier alpha value is -1.46. The van der Waals surface area contributed by atoms with Crippen LogP contribution < -0.4 is 4.72 Å². The molecular weight excluding hydrogens is 346 g/mol. The molecule has 0 radical (unpaired) electrons. The first kappa shape index (κ1) is 20.8. The first-order valence-electron chi connectivity index (χ1n) is 9.33. The van der Waals surface area contributed by atoms with Gasteiger partial charge in [0.15, 0.2) is 0 Å². The number of rotatable bonds is 7. The second kappa shape index (κ2) is 9.47. The lowest BCUT2D eigenvalue weighted by Gasteiger charge is -2.35. The maximum Gasteiger partial charge on any atom is 0.303 e. The SMILES string of the molecule is CC(=O)O[C@@H]1C=CCC[C@@H]1[C@@H](CCc1ccccc1)NS(=O)C(C)(C)C. The summed E-state index contributed by atoms with van der Waals surface area (Å²) in [5.41, 5.74) is 1.26. The first-order valence-corrected chi connectivity index (χ1v) is 10.5. The third-order valence-electron chi connectivity index (χ3n) is 4.63. The van der Waals surface area contributed by atoms with Gasteiger partial charge in [-0.05, 0) is 58.1 Å². The molecule has 26 heavy (non-hydrogen) atoms. The van der Waals surface area contributed by atoms with Crippen LogP contribution in [0.25, 0.3) is 0 Å². The van der Waals surface area contributed by atoms with Crippen molar-refractivity contribution < 1.29 is 13.7 Å². The normalized spacial score (nSPS) is 22.6. The maximum atomic E-state index is 12.7. The highest BCUT2D eigenvalue weighted by Crippen LogP contribution is 2.28. The summed E-state index contributed by atoms with van der Waals surface area (Å²) in [4.78, 5) is 11.5. The van der Waals surface area contributed by atoms with Crippen molar-refractivity contribution in [3.63, 3.8) is 0 Å². The molecule has 0 amide bonds. The van der Waals surface area contributed by atoms with Gasteiger partial charge in [-0.3, -0.25) is 4.79 Å².